The second-order valence-electron chi connectivity index (χ2n) is 3.95. The summed E-state index contributed by atoms with van der Waals surface area (Å²) in [6.45, 7) is 2.03. The first-order valence-electron chi connectivity index (χ1n) is 5.40. The minimum atomic E-state index is -2.17. The molecule has 2 aromatic rings. The van der Waals surface area contributed by atoms with Crippen LogP contribution >= 0.6 is 0 Å². The molecule has 0 aliphatic carbocycles. The second-order valence-corrected chi connectivity index (χ2v) is 4.85. The van der Waals surface area contributed by atoms with Gasteiger partial charge < -0.3 is 4.55 Å². The molecule has 0 radical (unpaired) electrons. The average Bonchev–Trinajstić information content (AvgIpc) is 2.32. The molecule has 0 saturated carbocycles. The van der Waals surface area contributed by atoms with E-state index in [2.05, 4.69) is 0 Å². The SMILES string of the molecule is Cc1ccccc1Cc1ccccc1S(=O)[O-]. The van der Waals surface area contributed by atoms with Crippen molar-refractivity contribution in [3.63, 3.8) is 0 Å². The van der Waals surface area contributed by atoms with Gasteiger partial charge in [0, 0.05) is 4.90 Å². The fraction of sp³-hybridized carbons (Fsp3) is 0.143. The molecular formula is C14H13O2S-. The molecule has 0 aliphatic rings. The Bertz CT molecular complexity index is 549. The van der Waals surface area contributed by atoms with Crippen LogP contribution in [0.1, 0.15) is 16.7 Å². The summed E-state index contributed by atoms with van der Waals surface area (Å²) in [6.07, 6.45) is 0.650. The average molecular weight is 245 g/mol. The molecular weight excluding hydrogens is 232 g/mol. The summed E-state index contributed by atoms with van der Waals surface area (Å²) in [7, 11) is 0. The fourth-order valence-corrected chi connectivity index (χ4v) is 2.37. The number of hydrogen-bond acceptors (Lipinski definition) is 2. The fourth-order valence-electron chi connectivity index (χ4n) is 1.83. The topological polar surface area (TPSA) is 40.1 Å². The summed E-state index contributed by atoms with van der Waals surface area (Å²) < 4.78 is 22.2. The van der Waals surface area contributed by atoms with Crippen molar-refractivity contribution in [2.75, 3.05) is 0 Å². The van der Waals surface area contributed by atoms with E-state index in [-0.39, 0.29) is 0 Å². The number of hydrogen-bond donors (Lipinski definition) is 0. The predicted molar refractivity (Wildman–Crippen MR) is 67.6 cm³/mol. The largest absolute Gasteiger partial charge is 0.768 e. The van der Waals surface area contributed by atoms with Crippen molar-refractivity contribution in [1.29, 1.82) is 0 Å². The lowest BCUT2D eigenvalue weighted by molar-refractivity contribution is 0.536. The van der Waals surface area contributed by atoms with Gasteiger partial charge in [0.05, 0.1) is 0 Å². The number of benzene rings is 2. The van der Waals surface area contributed by atoms with Gasteiger partial charge in [0.15, 0.2) is 0 Å². The highest BCUT2D eigenvalue weighted by Gasteiger charge is 2.04. The highest BCUT2D eigenvalue weighted by Crippen LogP contribution is 2.18. The molecule has 1 atom stereocenters. The maximum atomic E-state index is 11.1. The van der Waals surface area contributed by atoms with E-state index in [9.17, 15) is 8.76 Å². The molecule has 0 N–H and O–H groups in total. The van der Waals surface area contributed by atoms with Crippen LogP contribution < -0.4 is 0 Å². The lowest BCUT2D eigenvalue weighted by atomic mass is 10.0. The molecule has 0 aliphatic heterocycles. The van der Waals surface area contributed by atoms with Crippen LogP contribution in [-0.4, -0.2) is 8.76 Å². The molecule has 0 bridgehead atoms. The van der Waals surface area contributed by atoms with Crippen LogP contribution in [0.15, 0.2) is 53.4 Å². The normalized spacial score (nSPS) is 12.4. The molecule has 3 heteroatoms. The Hall–Kier alpha value is -1.45. The van der Waals surface area contributed by atoms with Crippen molar-refractivity contribution >= 4 is 11.1 Å². The van der Waals surface area contributed by atoms with E-state index in [1.807, 2.05) is 43.3 Å². The van der Waals surface area contributed by atoms with Gasteiger partial charge in [-0.3, -0.25) is 4.21 Å². The smallest absolute Gasteiger partial charge is 0.0284 e. The Labute approximate surface area is 104 Å². The summed E-state index contributed by atoms with van der Waals surface area (Å²) >= 11 is -2.17. The van der Waals surface area contributed by atoms with Gasteiger partial charge in [0.25, 0.3) is 0 Å². The van der Waals surface area contributed by atoms with Crippen molar-refractivity contribution in [3.05, 3.63) is 65.2 Å². The van der Waals surface area contributed by atoms with E-state index in [1.54, 1.807) is 12.1 Å². The van der Waals surface area contributed by atoms with E-state index < -0.39 is 11.1 Å². The summed E-state index contributed by atoms with van der Waals surface area (Å²) in [6, 6.07) is 15.1. The minimum absolute atomic E-state index is 0.385. The third-order valence-corrected chi connectivity index (χ3v) is 3.55. The quantitative estimate of drug-likeness (QED) is 0.780. The number of aryl methyl sites for hydroxylation is 1. The molecule has 0 saturated heterocycles. The standard InChI is InChI=1S/C14H14O2S/c1-11-6-2-3-7-12(11)10-13-8-4-5-9-14(13)17(15)16/h2-9H,10H2,1H3,(H,15,16)/p-1. The van der Waals surface area contributed by atoms with E-state index in [0.717, 1.165) is 11.1 Å². The zero-order valence-corrected chi connectivity index (χ0v) is 10.4. The summed E-state index contributed by atoms with van der Waals surface area (Å²) in [5.74, 6) is 0. The molecule has 2 rings (SSSR count). The summed E-state index contributed by atoms with van der Waals surface area (Å²) in [5, 5.41) is 0. The summed E-state index contributed by atoms with van der Waals surface area (Å²) in [5.41, 5.74) is 3.18. The third kappa shape index (κ3) is 2.81. The van der Waals surface area contributed by atoms with Gasteiger partial charge in [-0.05, 0) is 47.2 Å². The third-order valence-electron chi connectivity index (χ3n) is 2.79. The van der Waals surface area contributed by atoms with Crippen LogP contribution in [0.4, 0.5) is 0 Å². The van der Waals surface area contributed by atoms with Gasteiger partial charge in [-0.2, -0.15) is 0 Å². The highest BCUT2D eigenvalue weighted by atomic mass is 32.2. The van der Waals surface area contributed by atoms with Crippen molar-refractivity contribution in [2.24, 2.45) is 0 Å². The Morgan fingerprint density at radius 3 is 2.24 bits per heavy atom. The van der Waals surface area contributed by atoms with E-state index >= 15 is 0 Å². The zero-order chi connectivity index (χ0) is 12.3. The molecule has 2 aromatic carbocycles. The van der Waals surface area contributed by atoms with Gasteiger partial charge in [0.2, 0.25) is 0 Å². The van der Waals surface area contributed by atoms with Crippen LogP contribution in [-0.2, 0) is 17.5 Å². The maximum absolute atomic E-state index is 11.1. The van der Waals surface area contributed by atoms with E-state index in [1.165, 1.54) is 5.56 Å². The van der Waals surface area contributed by atoms with Crippen LogP contribution in [0.5, 0.6) is 0 Å². The van der Waals surface area contributed by atoms with Crippen molar-refractivity contribution in [1.82, 2.24) is 0 Å². The molecule has 88 valence electrons. The van der Waals surface area contributed by atoms with Gasteiger partial charge in [-0.15, -0.1) is 0 Å². The molecule has 17 heavy (non-hydrogen) atoms. The Morgan fingerprint density at radius 1 is 1.00 bits per heavy atom. The van der Waals surface area contributed by atoms with E-state index in [4.69, 9.17) is 0 Å². The van der Waals surface area contributed by atoms with Crippen molar-refractivity contribution in [2.45, 2.75) is 18.2 Å². The van der Waals surface area contributed by atoms with Crippen molar-refractivity contribution in [3.8, 4) is 0 Å². The lowest BCUT2D eigenvalue weighted by Crippen LogP contribution is -1.98. The zero-order valence-electron chi connectivity index (χ0n) is 9.55. The summed E-state index contributed by atoms with van der Waals surface area (Å²) in [4.78, 5) is 0.385. The minimum Gasteiger partial charge on any atom is -0.768 e. The first kappa shape index (κ1) is 12.0. The second kappa shape index (κ2) is 5.25. The first-order valence-corrected chi connectivity index (χ1v) is 6.47. The molecule has 0 heterocycles. The van der Waals surface area contributed by atoms with Gasteiger partial charge in [-0.25, -0.2) is 0 Å². The molecule has 0 aromatic heterocycles. The van der Waals surface area contributed by atoms with Crippen LogP contribution in [0, 0.1) is 6.92 Å². The molecule has 1 unspecified atom stereocenters. The van der Waals surface area contributed by atoms with Crippen LogP contribution in [0.2, 0.25) is 0 Å². The Kier molecular flexibility index (Phi) is 3.71. The van der Waals surface area contributed by atoms with Gasteiger partial charge in [-0.1, -0.05) is 42.5 Å². The molecule has 2 nitrogen and oxygen atoms in total. The Balaban J connectivity index is 2.37. The maximum Gasteiger partial charge on any atom is 0.0284 e. The monoisotopic (exact) mass is 245 g/mol. The Morgan fingerprint density at radius 2 is 1.59 bits per heavy atom. The highest BCUT2D eigenvalue weighted by molar-refractivity contribution is 7.79. The van der Waals surface area contributed by atoms with E-state index in [0.29, 0.717) is 11.3 Å². The molecule has 0 amide bonds. The first-order chi connectivity index (χ1) is 8.18. The van der Waals surface area contributed by atoms with Crippen molar-refractivity contribution < 1.29 is 8.76 Å². The molecule has 0 spiro atoms. The lowest BCUT2D eigenvalue weighted by Gasteiger charge is -2.12. The van der Waals surface area contributed by atoms with Crippen LogP contribution in [0.3, 0.4) is 0 Å². The van der Waals surface area contributed by atoms with Gasteiger partial charge >= 0.3 is 0 Å². The molecule has 0 fully saturated rings. The van der Waals surface area contributed by atoms with Crippen LogP contribution in [0.25, 0.3) is 0 Å². The number of rotatable bonds is 3. The predicted octanol–water partition coefficient (Wildman–Crippen LogP) is 2.82. The van der Waals surface area contributed by atoms with Gasteiger partial charge in [0.1, 0.15) is 0 Å².